The van der Waals surface area contributed by atoms with Crippen LogP contribution >= 0.6 is 0 Å². The molecule has 0 aromatic rings. The quantitative estimate of drug-likeness (QED) is 0.398. The first kappa shape index (κ1) is 8.26. The van der Waals surface area contributed by atoms with E-state index in [1.807, 2.05) is 25.2 Å². The van der Waals surface area contributed by atoms with E-state index in [1.54, 1.807) is 0 Å². The van der Waals surface area contributed by atoms with Crippen molar-refractivity contribution in [1.82, 2.24) is 0 Å². The molecule has 0 amide bonds. The van der Waals surface area contributed by atoms with Crippen LogP contribution in [0.1, 0.15) is 26.7 Å². The lowest BCUT2D eigenvalue weighted by Crippen LogP contribution is -1.52. The summed E-state index contributed by atoms with van der Waals surface area (Å²) in [5.41, 5.74) is 3.07. The molecule has 0 aliphatic carbocycles. The van der Waals surface area contributed by atoms with E-state index in [0.717, 1.165) is 12.8 Å². The van der Waals surface area contributed by atoms with Crippen LogP contribution in [0, 0.1) is 0 Å². The molecule has 9 heavy (non-hydrogen) atoms. The normalized spacial score (nSPS) is 9.11. The highest BCUT2D eigenvalue weighted by molar-refractivity contribution is 4.91. The summed E-state index contributed by atoms with van der Waals surface area (Å²) in [6.45, 7) is 4.13. The fraction of sp³-hybridized carbons (Fsp3) is 0.444. The van der Waals surface area contributed by atoms with Gasteiger partial charge in [-0.3, -0.25) is 0 Å². The Hall–Kier alpha value is -0.740. The highest BCUT2D eigenvalue weighted by atomic mass is 13.7. The molecular formula is C9H14. The van der Waals surface area contributed by atoms with Crippen LogP contribution < -0.4 is 0 Å². The Balaban J connectivity index is 3.35. The summed E-state index contributed by atoms with van der Waals surface area (Å²) in [6.07, 6.45) is 10.3. The molecule has 0 spiro atoms. The van der Waals surface area contributed by atoms with E-state index in [-0.39, 0.29) is 0 Å². The zero-order valence-electron chi connectivity index (χ0n) is 6.22. The summed E-state index contributed by atoms with van der Waals surface area (Å²) < 4.78 is 0. The molecular weight excluding hydrogens is 108 g/mol. The van der Waals surface area contributed by atoms with Gasteiger partial charge in [-0.15, -0.1) is 5.73 Å². The summed E-state index contributed by atoms with van der Waals surface area (Å²) >= 11 is 0. The highest BCUT2D eigenvalue weighted by Gasteiger charge is 1.63. The van der Waals surface area contributed by atoms with Gasteiger partial charge in [0.05, 0.1) is 0 Å². The molecule has 0 aromatic heterocycles. The van der Waals surface area contributed by atoms with Crippen molar-refractivity contribution in [3.8, 4) is 0 Å². The fourth-order valence-electron chi connectivity index (χ4n) is 0.473. The molecule has 0 aliphatic heterocycles. The van der Waals surface area contributed by atoms with Crippen molar-refractivity contribution in [2.75, 3.05) is 0 Å². The van der Waals surface area contributed by atoms with Gasteiger partial charge in [-0.1, -0.05) is 19.1 Å². The first-order chi connectivity index (χ1) is 4.41. The van der Waals surface area contributed by atoms with Crippen LogP contribution in [0.2, 0.25) is 0 Å². The summed E-state index contributed by atoms with van der Waals surface area (Å²) in [6, 6.07) is 0. The maximum absolute atomic E-state index is 3.07. The third-order valence-electron chi connectivity index (χ3n) is 0.929. The molecule has 0 unspecified atom stereocenters. The van der Waals surface area contributed by atoms with E-state index in [2.05, 4.69) is 18.7 Å². The maximum atomic E-state index is 3.07. The molecule has 0 nitrogen and oxygen atoms in total. The fourth-order valence-corrected chi connectivity index (χ4v) is 0.473. The molecule has 0 heteroatoms. The van der Waals surface area contributed by atoms with Crippen LogP contribution in [0.25, 0.3) is 0 Å². The number of hydrogen-bond donors (Lipinski definition) is 0. The molecule has 0 saturated heterocycles. The van der Waals surface area contributed by atoms with Crippen molar-refractivity contribution in [2.24, 2.45) is 0 Å². The molecule has 0 aliphatic rings. The van der Waals surface area contributed by atoms with E-state index < -0.39 is 0 Å². The van der Waals surface area contributed by atoms with Gasteiger partial charge in [-0.05, 0) is 31.9 Å². The summed E-state index contributed by atoms with van der Waals surface area (Å²) in [5.74, 6) is 0. The van der Waals surface area contributed by atoms with Gasteiger partial charge in [-0.2, -0.15) is 0 Å². The first-order valence-electron chi connectivity index (χ1n) is 3.42. The predicted octanol–water partition coefficient (Wildman–Crippen LogP) is 3.07. The number of rotatable bonds is 3. The SMILES string of the molecule is CC=CCC=C=CCC. The Morgan fingerprint density at radius 3 is 2.67 bits per heavy atom. The predicted molar refractivity (Wildman–Crippen MR) is 42.4 cm³/mol. The average Bonchev–Trinajstić information content (AvgIpc) is 1.89. The lowest BCUT2D eigenvalue weighted by Gasteiger charge is -1.73. The molecule has 0 N–H and O–H groups in total. The van der Waals surface area contributed by atoms with Crippen molar-refractivity contribution < 1.29 is 0 Å². The van der Waals surface area contributed by atoms with E-state index in [1.165, 1.54) is 0 Å². The topological polar surface area (TPSA) is 0 Å². The maximum Gasteiger partial charge on any atom is -0.00932 e. The van der Waals surface area contributed by atoms with E-state index in [4.69, 9.17) is 0 Å². The van der Waals surface area contributed by atoms with Crippen molar-refractivity contribution in [3.05, 3.63) is 30.0 Å². The van der Waals surface area contributed by atoms with Gasteiger partial charge in [0.25, 0.3) is 0 Å². The Bertz CT molecular complexity index is 123. The molecule has 0 fully saturated rings. The summed E-state index contributed by atoms with van der Waals surface area (Å²) in [5, 5.41) is 0. The van der Waals surface area contributed by atoms with Crippen LogP contribution in [-0.4, -0.2) is 0 Å². The smallest absolute Gasteiger partial charge is 0.00932 e. The van der Waals surface area contributed by atoms with Gasteiger partial charge in [0.1, 0.15) is 0 Å². The molecule has 0 saturated carbocycles. The first-order valence-corrected chi connectivity index (χ1v) is 3.42. The van der Waals surface area contributed by atoms with Crippen LogP contribution in [0.4, 0.5) is 0 Å². The van der Waals surface area contributed by atoms with Gasteiger partial charge >= 0.3 is 0 Å². The Morgan fingerprint density at radius 2 is 2.11 bits per heavy atom. The molecule has 0 bridgehead atoms. The second kappa shape index (κ2) is 7.26. The zero-order valence-corrected chi connectivity index (χ0v) is 6.22. The Morgan fingerprint density at radius 1 is 1.33 bits per heavy atom. The summed E-state index contributed by atoms with van der Waals surface area (Å²) in [7, 11) is 0. The van der Waals surface area contributed by atoms with Crippen LogP contribution in [0.15, 0.2) is 30.0 Å². The van der Waals surface area contributed by atoms with Crippen LogP contribution in [0.3, 0.4) is 0 Å². The van der Waals surface area contributed by atoms with E-state index in [0.29, 0.717) is 0 Å². The van der Waals surface area contributed by atoms with Crippen molar-refractivity contribution in [1.29, 1.82) is 0 Å². The molecule has 0 rings (SSSR count). The lowest BCUT2D eigenvalue weighted by atomic mass is 10.3. The molecule has 0 radical (unpaired) electrons. The molecule has 0 atom stereocenters. The Labute approximate surface area is 57.6 Å². The standard InChI is InChI=1S/C9H14/c1-3-5-7-9-8-6-4-2/h3,5-6,9H,4,7H2,1-2H3. The highest BCUT2D eigenvalue weighted by Crippen LogP contribution is 1.83. The van der Waals surface area contributed by atoms with Crippen LogP contribution in [0.5, 0.6) is 0 Å². The Kier molecular flexibility index (Phi) is 6.66. The zero-order chi connectivity index (χ0) is 6.95. The van der Waals surface area contributed by atoms with Crippen molar-refractivity contribution in [2.45, 2.75) is 26.7 Å². The largest absolute Gasteiger partial charge is 0.129 e. The second-order valence-electron chi connectivity index (χ2n) is 1.79. The number of hydrogen-bond acceptors (Lipinski definition) is 0. The van der Waals surface area contributed by atoms with Gasteiger partial charge in [0.2, 0.25) is 0 Å². The lowest BCUT2D eigenvalue weighted by molar-refractivity contribution is 1.22. The summed E-state index contributed by atoms with van der Waals surface area (Å²) in [4.78, 5) is 0. The molecule has 0 heterocycles. The minimum absolute atomic E-state index is 1.01. The average molecular weight is 122 g/mol. The van der Waals surface area contributed by atoms with Gasteiger partial charge < -0.3 is 0 Å². The van der Waals surface area contributed by atoms with Crippen LogP contribution in [-0.2, 0) is 0 Å². The van der Waals surface area contributed by atoms with E-state index >= 15 is 0 Å². The number of allylic oxidation sites excluding steroid dienone is 3. The van der Waals surface area contributed by atoms with Gasteiger partial charge in [0.15, 0.2) is 0 Å². The molecule has 50 valence electrons. The van der Waals surface area contributed by atoms with E-state index in [9.17, 15) is 0 Å². The third-order valence-corrected chi connectivity index (χ3v) is 0.929. The van der Waals surface area contributed by atoms with Crippen molar-refractivity contribution in [3.63, 3.8) is 0 Å². The van der Waals surface area contributed by atoms with Gasteiger partial charge in [-0.25, -0.2) is 0 Å². The minimum atomic E-state index is 1.01. The van der Waals surface area contributed by atoms with Gasteiger partial charge in [0, 0.05) is 0 Å². The monoisotopic (exact) mass is 122 g/mol. The molecule has 0 aromatic carbocycles. The third kappa shape index (κ3) is 7.26. The minimum Gasteiger partial charge on any atom is -0.129 e. The second-order valence-corrected chi connectivity index (χ2v) is 1.79. The van der Waals surface area contributed by atoms with Crippen molar-refractivity contribution >= 4 is 0 Å².